The van der Waals surface area contributed by atoms with Crippen molar-refractivity contribution in [2.24, 2.45) is 11.7 Å². The van der Waals surface area contributed by atoms with Gasteiger partial charge in [0.15, 0.2) is 0 Å². The number of carbonyl (C=O) groups excluding carboxylic acids is 1. The summed E-state index contributed by atoms with van der Waals surface area (Å²) in [6.07, 6.45) is 3.59. The van der Waals surface area contributed by atoms with Crippen molar-refractivity contribution in [2.75, 3.05) is 20.2 Å². The minimum atomic E-state index is -0.112. The zero-order valence-electron chi connectivity index (χ0n) is 11.3. The molecule has 1 saturated heterocycles. The number of hydrogen-bond donors (Lipinski definition) is 1. The Bertz CT molecular complexity index is 246. The highest BCUT2D eigenvalue weighted by atomic mass is 16.5. The van der Waals surface area contributed by atoms with Crippen LogP contribution in [0.5, 0.6) is 0 Å². The van der Waals surface area contributed by atoms with Crippen molar-refractivity contribution in [2.45, 2.75) is 51.6 Å². The topological polar surface area (TPSA) is 55.6 Å². The Morgan fingerprint density at radius 3 is 2.82 bits per heavy atom. The van der Waals surface area contributed by atoms with Crippen LogP contribution in [0, 0.1) is 5.92 Å². The Balaban J connectivity index is 2.42. The van der Waals surface area contributed by atoms with E-state index in [1.165, 1.54) is 7.11 Å². The van der Waals surface area contributed by atoms with Crippen molar-refractivity contribution in [3.63, 3.8) is 0 Å². The highest BCUT2D eigenvalue weighted by molar-refractivity contribution is 5.69. The molecule has 1 heterocycles. The van der Waals surface area contributed by atoms with Crippen molar-refractivity contribution >= 4 is 5.97 Å². The maximum absolute atomic E-state index is 11.1. The number of piperidine rings is 1. The van der Waals surface area contributed by atoms with Gasteiger partial charge >= 0.3 is 5.97 Å². The SMILES string of the molecule is CCC(C)N1CC(N)CC(CCC(=O)OC)C1. The lowest BCUT2D eigenvalue weighted by atomic mass is 9.90. The highest BCUT2D eigenvalue weighted by Gasteiger charge is 2.27. The predicted molar refractivity (Wildman–Crippen MR) is 68.7 cm³/mol. The lowest BCUT2D eigenvalue weighted by Gasteiger charge is -2.39. The molecule has 1 aliphatic rings. The summed E-state index contributed by atoms with van der Waals surface area (Å²) < 4.78 is 4.68. The van der Waals surface area contributed by atoms with E-state index in [1.807, 2.05) is 0 Å². The fourth-order valence-electron chi connectivity index (χ4n) is 2.54. The molecule has 0 bridgehead atoms. The van der Waals surface area contributed by atoms with Gasteiger partial charge in [-0.3, -0.25) is 9.69 Å². The van der Waals surface area contributed by atoms with Crippen LogP contribution < -0.4 is 5.73 Å². The van der Waals surface area contributed by atoms with E-state index in [0.29, 0.717) is 18.4 Å². The van der Waals surface area contributed by atoms with Crippen LogP contribution in [0.15, 0.2) is 0 Å². The second-order valence-electron chi connectivity index (χ2n) is 5.19. The van der Waals surface area contributed by atoms with Gasteiger partial charge in [0.25, 0.3) is 0 Å². The Kier molecular flexibility index (Phi) is 5.92. The van der Waals surface area contributed by atoms with Gasteiger partial charge in [-0.15, -0.1) is 0 Å². The van der Waals surface area contributed by atoms with E-state index >= 15 is 0 Å². The predicted octanol–water partition coefficient (Wildman–Crippen LogP) is 1.39. The van der Waals surface area contributed by atoms with Crippen LogP contribution in [0.3, 0.4) is 0 Å². The lowest BCUT2D eigenvalue weighted by Crippen LogP contribution is -2.50. The molecule has 0 radical (unpaired) electrons. The average Bonchev–Trinajstić information content (AvgIpc) is 2.34. The highest BCUT2D eigenvalue weighted by Crippen LogP contribution is 2.22. The fourth-order valence-corrected chi connectivity index (χ4v) is 2.54. The Morgan fingerprint density at radius 2 is 2.24 bits per heavy atom. The van der Waals surface area contributed by atoms with Gasteiger partial charge in [-0.25, -0.2) is 0 Å². The van der Waals surface area contributed by atoms with E-state index in [1.54, 1.807) is 0 Å². The first-order chi connectivity index (χ1) is 8.06. The second-order valence-corrected chi connectivity index (χ2v) is 5.19. The number of esters is 1. The summed E-state index contributed by atoms with van der Waals surface area (Å²) in [6.45, 7) is 6.51. The maximum Gasteiger partial charge on any atom is 0.305 e. The summed E-state index contributed by atoms with van der Waals surface area (Å²) in [6, 6.07) is 0.836. The van der Waals surface area contributed by atoms with Gasteiger partial charge in [0.2, 0.25) is 0 Å². The molecule has 1 fully saturated rings. The zero-order valence-corrected chi connectivity index (χ0v) is 11.3. The average molecular weight is 242 g/mol. The third-order valence-electron chi connectivity index (χ3n) is 3.80. The Morgan fingerprint density at radius 1 is 1.53 bits per heavy atom. The standard InChI is InChI=1S/C13H26N2O2/c1-4-10(2)15-8-11(7-12(14)9-15)5-6-13(16)17-3/h10-12H,4-9,14H2,1-3H3. The summed E-state index contributed by atoms with van der Waals surface area (Å²) in [5, 5.41) is 0. The van der Waals surface area contributed by atoms with Crippen LogP contribution in [-0.4, -0.2) is 43.2 Å². The van der Waals surface area contributed by atoms with Gasteiger partial charge in [0.05, 0.1) is 7.11 Å². The van der Waals surface area contributed by atoms with Crippen molar-refractivity contribution in [1.29, 1.82) is 0 Å². The van der Waals surface area contributed by atoms with Gasteiger partial charge in [-0.05, 0) is 32.1 Å². The first-order valence-corrected chi connectivity index (χ1v) is 6.63. The number of nitrogens with zero attached hydrogens (tertiary/aromatic N) is 1. The molecule has 2 N–H and O–H groups in total. The number of ether oxygens (including phenoxy) is 1. The van der Waals surface area contributed by atoms with Gasteiger partial charge in [0.1, 0.15) is 0 Å². The summed E-state index contributed by atoms with van der Waals surface area (Å²) in [4.78, 5) is 13.6. The zero-order chi connectivity index (χ0) is 12.8. The molecule has 0 saturated carbocycles. The summed E-state index contributed by atoms with van der Waals surface area (Å²) in [5.74, 6) is 0.422. The van der Waals surface area contributed by atoms with E-state index < -0.39 is 0 Å². The Hall–Kier alpha value is -0.610. The minimum absolute atomic E-state index is 0.112. The molecule has 0 aromatic heterocycles. The van der Waals surface area contributed by atoms with Crippen molar-refractivity contribution in [1.82, 2.24) is 4.90 Å². The smallest absolute Gasteiger partial charge is 0.305 e. The molecule has 1 aliphatic heterocycles. The number of methoxy groups -OCH3 is 1. The van der Waals surface area contributed by atoms with E-state index in [4.69, 9.17) is 5.73 Å². The number of hydrogen-bond acceptors (Lipinski definition) is 4. The molecule has 0 spiro atoms. The first-order valence-electron chi connectivity index (χ1n) is 6.63. The van der Waals surface area contributed by atoms with Crippen LogP contribution in [0.4, 0.5) is 0 Å². The number of nitrogens with two attached hydrogens (primary N) is 1. The first kappa shape index (κ1) is 14.5. The molecule has 3 unspecified atom stereocenters. The van der Waals surface area contributed by atoms with Gasteiger partial charge in [-0.2, -0.15) is 0 Å². The van der Waals surface area contributed by atoms with Crippen LogP contribution >= 0.6 is 0 Å². The summed E-state index contributed by atoms with van der Waals surface area (Å²) in [7, 11) is 1.44. The molecule has 0 aliphatic carbocycles. The molecule has 100 valence electrons. The normalized spacial score (nSPS) is 27.8. The third-order valence-corrected chi connectivity index (χ3v) is 3.80. The third kappa shape index (κ3) is 4.64. The monoisotopic (exact) mass is 242 g/mol. The molecule has 4 nitrogen and oxygen atoms in total. The minimum Gasteiger partial charge on any atom is -0.469 e. The molecule has 0 aromatic rings. The fraction of sp³-hybridized carbons (Fsp3) is 0.923. The molecule has 17 heavy (non-hydrogen) atoms. The summed E-state index contributed by atoms with van der Waals surface area (Å²) >= 11 is 0. The molecule has 0 amide bonds. The van der Waals surface area contributed by atoms with Gasteiger partial charge < -0.3 is 10.5 Å². The molecular weight excluding hydrogens is 216 g/mol. The number of carbonyl (C=O) groups is 1. The lowest BCUT2D eigenvalue weighted by molar-refractivity contribution is -0.141. The van der Waals surface area contributed by atoms with Crippen LogP contribution in [-0.2, 0) is 9.53 Å². The van der Waals surface area contributed by atoms with Crippen LogP contribution in [0.25, 0.3) is 0 Å². The molecule has 4 heteroatoms. The molecule has 3 atom stereocenters. The van der Waals surface area contributed by atoms with E-state index in [-0.39, 0.29) is 12.0 Å². The molecule has 1 rings (SSSR count). The van der Waals surface area contributed by atoms with Crippen molar-refractivity contribution in [3.8, 4) is 0 Å². The van der Waals surface area contributed by atoms with E-state index in [2.05, 4.69) is 23.5 Å². The number of rotatable bonds is 5. The molecular formula is C13H26N2O2. The van der Waals surface area contributed by atoms with E-state index in [9.17, 15) is 4.79 Å². The largest absolute Gasteiger partial charge is 0.469 e. The van der Waals surface area contributed by atoms with Crippen LogP contribution in [0.2, 0.25) is 0 Å². The quantitative estimate of drug-likeness (QED) is 0.740. The van der Waals surface area contributed by atoms with Gasteiger partial charge in [-0.1, -0.05) is 6.92 Å². The maximum atomic E-state index is 11.1. The molecule has 0 aromatic carbocycles. The Labute approximate surface area is 104 Å². The number of likely N-dealkylation sites (tertiary alicyclic amines) is 1. The van der Waals surface area contributed by atoms with E-state index in [0.717, 1.165) is 32.4 Å². The van der Waals surface area contributed by atoms with Gasteiger partial charge in [0, 0.05) is 31.6 Å². The van der Waals surface area contributed by atoms with Crippen molar-refractivity contribution in [3.05, 3.63) is 0 Å². The van der Waals surface area contributed by atoms with Crippen molar-refractivity contribution < 1.29 is 9.53 Å². The second kappa shape index (κ2) is 6.97. The summed E-state index contributed by atoms with van der Waals surface area (Å²) in [5.41, 5.74) is 6.09. The van der Waals surface area contributed by atoms with Crippen LogP contribution in [0.1, 0.15) is 39.5 Å².